The second-order valence-electron chi connectivity index (χ2n) is 4.99. The average molecular weight is 304 g/mol. The fourth-order valence-electron chi connectivity index (χ4n) is 2.41. The van der Waals surface area contributed by atoms with Crippen molar-refractivity contribution >= 4 is 11.3 Å². The molecule has 1 N–H and O–H groups in total. The lowest BCUT2D eigenvalue weighted by Gasteiger charge is -2.13. The fourth-order valence-corrected chi connectivity index (χ4v) is 2.96. The lowest BCUT2D eigenvalue weighted by molar-refractivity contribution is 0.663. The van der Waals surface area contributed by atoms with Gasteiger partial charge in [-0.05, 0) is 44.3 Å². The van der Waals surface area contributed by atoms with E-state index in [1.165, 1.54) is 23.4 Å². The van der Waals surface area contributed by atoms with E-state index >= 15 is 0 Å². The molecule has 21 heavy (non-hydrogen) atoms. The van der Waals surface area contributed by atoms with Gasteiger partial charge in [-0.25, -0.2) is 9.97 Å². The van der Waals surface area contributed by atoms with Crippen LogP contribution in [0.1, 0.15) is 44.1 Å². The SMILES string of the molecule is CCCNCCc1c(CC)nc(-c2cncs2)nc1CC. The summed E-state index contributed by atoms with van der Waals surface area (Å²) in [6.07, 6.45) is 5.92. The summed E-state index contributed by atoms with van der Waals surface area (Å²) in [4.78, 5) is 14.7. The molecule has 0 aliphatic rings. The molecule has 0 atom stereocenters. The second kappa shape index (κ2) is 8.20. The molecular weight excluding hydrogens is 280 g/mol. The molecule has 2 aromatic rings. The van der Waals surface area contributed by atoms with E-state index in [2.05, 4.69) is 31.1 Å². The number of aryl methyl sites for hydroxylation is 2. The maximum absolute atomic E-state index is 4.77. The Morgan fingerprint density at radius 1 is 1.05 bits per heavy atom. The van der Waals surface area contributed by atoms with E-state index in [9.17, 15) is 0 Å². The average Bonchev–Trinajstić information content (AvgIpc) is 3.05. The Labute approximate surface area is 131 Å². The van der Waals surface area contributed by atoms with Gasteiger partial charge in [0.15, 0.2) is 5.82 Å². The van der Waals surface area contributed by atoms with E-state index in [4.69, 9.17) is 9.97 Å². The van der Waals surface area contributed by atoms with Crippen molar-refractivity contribution in [2.24, 2.45) is 0 Å². The van der Waals surface area contributed by atoms with Crippen LogP contribution in [-0.2, 0) is 19.3 Å². The van der Waals surface area contributed by atoms with Crippen LogP contribution in [0, 0.1) is 0 Å². The molecule has 0 unspecified atom stereocenters. The van der Waals surface area contributed by atoms with Crippen LogP contribution in [0.3, 0.4) is 0 Å². The highest BCUT2D eigenvalue weighted by molar-refractivity contribution is 7.13. The van der Waals surface area contributed by atoms with Crippen molar-refractivity contribution in [3.63, 3.8) is 0 Å². The zero-order valence-electron chi connectivity index (χ0n) is 13.1. The molecule has 0 amide bonds. The number of hydrogen-bond acceptors (Lipinski definition) is 5. The number of aromatic nitrogens is 3. The van der Waals surface area contributed by atoms with Crippen LogP contribution in [0.2, 0.25) is 0 Å². The lowest BCUT2D eigenvalue weighted by Crippen LogP contribution is -2.20. The number of thiazole rings is 1. The standard InChI is InChI=1S/C16H24N4S/c1-4-8-17-9-7-12-13(5-2)19-16(20-14(12)6-3)15-10-18-11-21-15/h10-11,17H,4-9H2,1-3H3. The van der Waals surface area contributed by atoms with Gasteiger partial charge in [0, 0.05) is 17.6 Å². The highest BCUT2D eigenvalue weighted by Crippen LogP contribution is 2.23. The fraction of sp³-hybridized carbons (Fsp3) is 0.562. The van der Waals surface area contributed by atoms with Crippen LogP contribution >= 0.6 is 11.3 Å². The summed E-state index contributed by atoms with van der Waals surface area (Å²) in [6.45, 7) is 8.59. The maximum Gasteiger partial charge on any atom is 0.171 e. The molecule has 0 radical (unpaired) electrons. The van der Waals surface area contributed by atoms with E-state index in [0.29, 0.717) is 0 Å². The monoisotopic (exact) mass is 304 g/mol. The molecule has 4 nitrogen and oxygen atoms in total. The minimum Gasteiger partial charge on any atom is -0.316 e. The minimum absolute atomic E-state index is 0.830. The Balaban J connectivity index is 2.26. The van der Waals surface area contributed by atoms with Gasteiger partial charge in [-0.15, -0.1) is 11.3 Å². The molecule has 0 aromatic carbocycles. The van der Waals surface area contributed by atoms with Gasteiger partial charge in [0.2, 0.25) is 0 Å². The maximum atomic E-state index is 4.77. The molecule has 5 heteroatoms. The number of hydrogen-bond donors (Lipinski definition) is 1. The van der Waals surface area contributed by atoms with Crippen molar-refractivity contribution in [2.75, 3.05) is 13.1 Å². The van der Waals surface area contributed by atoms with Gasteiger partial charge >= 0.3 is 0 Å². The third kappa shape index (κ3) is 4.08. The van der Waals surface area contributed by atoms with Crippen LogP contribution in [-0.4, -0.2) is 28.0 Å². The first-order chi connectivity index (χ1) is 10.3. The Kier molecular flexibility index (Phi) is 6.26. The minimum atomic E-state index is 0.830. The van der Waals surface area contributed by atoms with Crippen LogP contribution in [0.15, 0.2) is 11.7 Å². The molecule has 0 aliphatic heterocycles. The molecule has 0 bridgehead atoms. The molecule has 0 saturated carbocycles. The largest absolute Gasteiger partial charge is 0.316 e. The quantitative estimate of drug-likeness (QED) is 0.761. The van der Waals surface area contributed by atoms with Gasteiger partial charge in [0.1, 0.15) is 0 Å². The van der Waals surface area contributed by atoms with Crippen molar-refractivity contribution in [2.45, 2.75) is 46.5 Å². The number of nitrogens with one attached hydrogen (secondary N) is 1. The molecule has 0 spiro atoms. The predicted molar refractivity (Wildman–Crippen MR) is 88.8 cm³/mol. The first-order valence-corrected chi connectivity index (χ1v) is 8.66. The molecule has 0 aliphatic carbocycles. The van der Waals surface area contributed by atoms with Gasteiger partial charge in [0.25, 0.3) is 0 Å². The topological polar surface area (TPSA) is 50.7 Å². The van der Waals surface area contributed by atoms with E-state index in [1.807, 2.05) is 11.7 Å². The van der Waals surface area contributed by atoms with Crippen molar-refractivity contribution in [1.82, 2.24) is 20.3 Å². The molecular formula is C16H24N4S. The van der Waals surface area contributed by atoms with Crippen LogP contribution < -0.4 is 5.32 Å². The summed E-state index contributed by atoms with van der Waals surface area (Å²) >= 11 is 1.60. The van der Waals surface area contributed by atoms with E-state index in [0.717, 1.165) is 43.1 Å². The predicted octanol–water partition coefficient (Wildman–Crippen LogP) is 3.27. The van der Waals surface area contributed by atoms with Gasteiger partial charge in [-0.1, -0.05) is 20.8 Å². The van der Waals surface area contributed by atoms with E-state index < -0.39 is 0 Å². The summed E-state index contributed by atoms with van der Waals surface area (Å²) in [6, 6.07) is 0. The summed E-state index contributed by atoms with van der Waals surface area (Å²) < 4.78 is 0. The zero-order valence-corrected chi connectivity index (χ0v) is 14.0. The van der Waals surface area contributed by atoms with Crippen LogP contribution in [0.5, 0.6) is 0 Å². The normalized spacial score (nSPS) is 11.0. The first-order valence-electron chi connectivity index (χ1n) is 7.78. The van der Waals surface area contributed by atoms with E-state index in [1.54, 1.807) is 11.3 Å². The number of nitrogens with zero attached hydrogens (tertiary/aromatic N) is 3. The Morgan fingerprint density at radius 3 is 2.29 bits per heavy atom. The lowest BCUT2D eigenvalue weighted by atomic mass is 10.0. The highest BCUT2D eigenvalue weighted by atomic mass is 32.1. The Morgan fingerprint density at radius 2 is 1.76 bits per heavy atom. The summed E-state index contributed by atoms with van der Waals surface area (Å²) in [7, 11) is 0. The number of rotatable bonds is 8. The summed E-state index contributed by atoms with van der Waals surface area (Å²) in [5.41, 5.74) is 5.53. The molecule has 2 heterocycles. The first kappa shape index (κ1) is 16.0. The smallest absolute Gasteiger partial charge is 0.171 e. The Bertz CT molecular complexity index is 526. The van der Waals surface area contributed by atoms with Gasteiger partial charge in [0.05, 0.1) is 10.4 Å². The second-order valence-corrected chi connectivity index (χ2v) is 5.88. The highest BCUT2D eigenvalue weighted by Gasteiger charge is 2.13. The third-order valence-electron chi connectivity index (χ3n) is 3.48. The van der Waals surface area contributed by atoms with Crippen LogP contribution in [0.4, 0.5) is 0 Å². The zero-order chi connectivity index (χ0) is 15.1. The molecule has 0 fully saturated rings. The van der Waals surface area contributed by atoms with Gasteiger partial charge in [-0.2, -0.15) is 0 Å². The van der Waals surface area contributed by atoms with Crippen molar-refractivity contribution in [1.29, 1.82) is 0 Å². The Hall–Kier alpha value is -1.33. The van der Waals surface area contributed by atoms with Gasteiger partial charge in [-0.3, -0.25) is 4.98 Å². The summed E-state index contributed by atoms with van der Waals surface area (Å²) in [5, 5.41) is 3.46. The van der Waals surface area contributed by atoms with E-state index in [-0.39, 0.29) is 0 Å². The molecule has 114 valence electrons. The molecule has 2 aromatic heterocycles. The molecule has 0 saturated heterocycles. The summed E-state index contributed by atoms with van der Waals surface area (Å²) in [5.74, 6) is 0.830. The van der Waals surface area contributed by atoms with Crippen LogP contribution in [0.25, 0.3) is 10.7 Å². The van der Waals surface area contributed by atoms with Crippen molar-refractivity contribution in [3.05, 3.63) is 28.7 Å². The third-order valence-corrected chi connectivity index (χ3v) is 4.25. The van der Waals surface area contributed by atoms with Crippen molar-refractivity contribution in [3.8, 4) is 10.7 Å². The van der Waals surface area contributed by atoms with Crippen molar-refractivity contribution < 1.29 is 0 Å². The van der Waals surface area contributed by atoms with Gasteiger partial charge < -0.3 is 5.32 Å². The molecule has 2 rings (SSSR count).